The third-order valence-corrected chi connectivity index (χ3v) is 7.06. The van der Waals surface area contributed by atoms with Gasteiger partial charge in [0.05, 0.1) is 10.9 Å². The Kier molecular flexibility index (Phi) is 8.13. The zero-order chi connectivity index (χ0) is 24.6. The molecule has 1 heterocycles. The average Bonchev–Trinajstić information content (AvgIpc) is 3.24. The van der Waals surface area contributed by atoms with Crippen LogP contribution in [0.15, 0.2) is 95.9 Å². The van der Waals surface area contributed by atoms with Crippen LogP contribution in [0.3, 0.4) is 0 Å². The molecule has 0 spiro atoms. The molecule has 7 heteroatoms. The van der Waals surface area contributed by atoms with Crippen LogP contribution in [0.4, 0.5) is 10.8 Å². The molecular weight excluding hydrogens is 474 g/mol. The zero-order valence-corrected chi connectivity index (χ0v) is 21.0. The summed E-state index contributed by atoms with van der Waals surface area (Å²) in [5.74, 6) is -0.334. The summed E-state index contributed by atoms with van der Waals surface area (Å²) < 4.78 is 0. The van der Waals surface area contributed by atoms with Crippen LogP contribution in [-0.4, -0.2) is 22.0 Å². The summed E-state index contributed by atoms with van der Waals surface area (Å²) in [4.78, 5) is 31.7. The highest BCUT2D eigenvalue weighted by Crippen LogP contribution is 2.31. The third kappa shape index (κ3) is 6.91. The first-order valence-corrected chi connectivity index (χ1v) is 12.8. The lowest BCUT2D eigenvalue weighted by Gasteiger charge is -2.11. The van der Waals surface area contributed by atoms with Gasteiger partial charge in [-0.3, -0.25) is 9.59 Å². The largest absolute Gasteiger partial charge is 0.322 e. The normalized spacial score (nSPS) is 11.8. The van der Waals surface area contributed by atoms with Crippen LogP contribution in [0.2, 0.25) is 0 Å². The number of rotatable bonds is 8. The molecule has 0 radical (unpaired) electrons. The van der Waals surface area contributed by atoms with E-state index in [1.165, 1.54) is 29.2 Å². The number of carbonyl (C=O) groups excluding carboxylic acids is 2. The van der Waals surface area contributed by atoms with Gasteiger partial charge in [-0.25, -0.2) is 4.98 Å². The number of anilines is 2. The first kappa shape index (κ1) is 24.4. The van der Waals surface area contributed by atoms with Gasteiger partial charge in [-0.2, -0.15) is 0 Å². The van der Waals surface area contributed by atoms with Crippen molar-refractivity contribution in [2.24, 2.45) is 0 Å². The monoisotopic (exact) mass is 499 g/mol. The molecule has 1 unspecified atom stereocenters. The van der Waals surface area contributed by atoms with E-state index in [9.17, 15) is 9.59 Å². The summed E-state index contributed by atoms with van der Waals surface area (Å²) in [5.41, 5.74) is 3.55. The van der Waals surface area contributed by atoms with Gasteiger partial charge in [0.1, 0.15) is 0 Å². The van der Waals surface area contributed by atoms with Gasteiger partial charge < -0.3 is 10.6 Å². The number of hydrogen-bond donors (Lipinski definition) is 2. The first-order valence-electron chi connectivity index (χ1n) is 11.1. The second-order valence-corrected chi connectivity index (χ2v) is 10.4. The topological polar surface area (TPSA) is 71.1 Å². The molecular formula is C28H25N3O2S2. The quantitative estimate of drug-likeness (QED) is 0.205. The van der Waals surface area contributed by atoms with Crippen LogP contribution in [0.1, 0.15) is 17.4 Å². The van der Waals surface area contributed by atoms with E-state index >= 15 is 0 Å². The number of aromatic nitrogens is 1. The smallest absolute Gasteiger partial charge is 0.248 e. The molecule has 0 aliphatic rings. The summed E-state index contributed by atoms with van der Waals surface area (Å²) in [6.45, 7) is 3.86. The van der Waals surface area contributed by atoms with Crippen molar-refractivity contribution in [2.75, 3.05) is 10.6 Å². The standard InChI is InChI=1S/C28H25N3O2S2/c1-19-26(22-12-7-4-8-13-22)30-28(35-19)31-27(33)20(2)34-24-15-9-14-23(18-24)29-25(32)17-16-21-10-5-3-6-11-21/h3-18,20H,1-2H3,(H,29,32)(H,30,31,33)/b17-16+. The second-order valence-electron chi connectivity index (χ2n) is 7.80. The predicted octanol–water partition coefficient (Wildman–Crippen LogP) is 6.89. The summed E-state index contributed by atoms with van der Waals surface area (Å²) in [5, 5.41) is 6.06. The van der Waals surface area contributed by atoms with E-state index in [1.54, 1.807) is 6.08 Å². The van der Waals surface area contributed by atoms with Crippen molar-refractivity contribution >= 4 is 51.8 Å². The molecule has 0 aliphatic carbocycles. The molecule has 3 aromatic carbocycles. The molecule has 176 valence electrons. The number of amides is 2. The zero-order valence-electron chi connectivity index (χ0n) is 19.4. The minimum absolute atomic E-state index is 0.122. The van der Waals surface area contributed by atoms with Crippen LogP contribution in [0.25, 0.3) is 17.3 Å². The average molecular weight is 500 g/mol. The number of aryl methyl sites for hydroxylation is 1. The van der Waals surface area contributed by atoms with E-state index in [-0.39, 0.29) is 17.1 Å². The summed E-state index contributed by atoms with van der Waals surface area (Å²) in [6, 6.07) is 27.1. The van der Waals surface area contributed by atoms with Crippen molar-refractivity contribution in [3.63, 3.8) is 0 Å². The van der Waals surface area contributed by atoms with Crippen LogP contribution in [0.5, 0.6) is 0 Å². The molecule has 1 aromatic heterocycles. The molecule has 0 bridgehead atoms. The predicted molar refractivity (Wildman–Crippen MR) is 147 cm³/mol. The molecule has 4 rings (SSSR count). The number of hydrogen-bond acceptors (Lipinski definition) is 5. The van der Waals surface area contributed by atoms with E-state index in [0.717, 1.165) is 26.6 Å². The molecule has 2 amide bonds. The highest BCUT2D eigenvalue weighted by atomic mass is 32.2. The number of nitrogens with zero attached hydrogens (tertiary/aromatic N) is 1. The highest BCUT2D eigenvalue weighted by Gasteiger charge is 2.18. The molecule has 0 fully saturated rings. The van der Waals surface area contributed by atoms with Crippen molar-refractivity contribution in [1.82, 2.24) is 4.98 Å². The van der Waals surface area contributed by atoms with Crippen LogP contribution >= 0.6 is 23.1 Å². The Bertz CT molecular complexity index is 1330. The Labute approximate surface area is 213 Å². The fourth-order valence-corrected chi connectivity index (χ4v) is 5.11. The number of carbonyl (C=O) groups is 2. The SMILES string of the molecule is Cc1sc(NC(=O)C(C)Sc2cccc(NC(=O)/C=C/c3ccccc3)c2)nc1-c1ccccc1. The van der Waals surface area contributed by atoms with Crippen LogP contribution in [0, 0.1) is 6.92 Å². The molecule has 0 saturated carbocycles. The van der Waals surface area contributed by atoms with Gasteiger partial charge in [-0.1, -0.05) is 66.7 Å². The Balaban J connectivity index is 1.34. The fourth-order valence-electron chi connectivity index (χ4n) is 3.35. The maximum atomic E-state index is 12.8. The summed E-state index contributed by atoms with van der Waals surface area (Å²) >= 11 is 2.89. The van der Waals surface area contributed by atoms with E-state index in [0.29, 0.717) is 10.8 Å². The molecule has 0 saturated heterocycles. The van der Waals surface area contributed by atoms with Crippen molar-refractivity contribution < 1.29 is 9.59 Å². The van der Waals surface area contributed by atoms with Gasteiger partial charge >= 0.3 is 0 Å². The van der Waals surface area contributed by atoms with Crippen molar-refractivity contribution in [3.05, 3.63) is 101 Å². The Morgan fingerprint density at radius 2 is 1.66 bits per heavy atom. The maximum absolute atomic E-state index is 12.8. The van der Waals surface area contributed by atoms with E-state index in [2.05, 4.69) is 15.6 Å². The summed E-state index contributed by atoms with van der Waals surface area (Å²) in [7, 11) is 0. The number of benzene rings is 3. The van der Waals surface area contributed by atoms with Crippen molar-refractivity contribution in [3.8, 4) is 11.3 Å². The van der Waals surface area contributed by atoms with Gasteiger partial charge in [-0.05, 0) is 43.7 Å². The Hall–Kier alpha value is -3.68. The van der Waals surface area contributed by atoms with Gasteiger partial charge in [0, 0.05) is 27.1 Å². The van der Waals surface area contributed by atoms with Gasteiger partial charge in [0.15, 0.2) is 5.13 Å². The Morgan fingerprint density at radius 1 is 0.943 bits per heavy atom. The highest BCUT2D eigenvalue weighted by molar-refractivity contribution is 8.00. The fraction of sp³-hybridized carbons (Fsp3) is 0.107. The van der Waals surface area contributed by atoms with Gasteiger partial charge in [0.2, 0.25) is 11.8 Å². The molecule has 35 heavy (non-hydrogen) atoms. The van der Waals surface area contributed by atoms with Crippen molar-refractivity contribution in [1.29, 1.82) is 0 Å². The van der Waals surface area contributed by atoms with E-state index in [4.69, 9.17) is 0 Å². The lowest BCUT2D eigenvalue weighted by molar-refractivity contribution is -0.115. The molecule has 4 aromatic rings. The second kappa shape index (κ2) is 11.6. The number of thioether (sulfide) groups is 1. The maximum Gasteiger partial charge on any atom is 0.248 e. The number of thiazole rings is 1. The van der Waals surface area contributed by atoms with Crippen LogP contribution < -0.4 is 10.6 Å². The van der Waals surface area contributed by atoms with Crippen LogP contribution in [-0.2, 0) is 9.59 Å². The number of nitrogens with one attached hydrogen (secondary N) is 2. The first-order chi connectivity index (χ1) is 17.0. The molecule has 2 N–H and O–H groups in total. The molecule has 0 aliphatic heterocycles. The third-order valence-electron chi connectivity index (χ3n) is 5.08. The summed E-state index contributed by atoms with van der Waals surface area (Å²) in [6.07, 6.45) is 3.27. The molecule has 1 atom stereocenters. The van der Waals surface area contributed by atoms with E-state index < -0.39 is 0 Å². The lowest BCUT2D eigenvalue weighted by atomic mass is 10.1. The van der Waals surface area contributed by atoms with Gasteiger partial charge in [0.25, 0.3) is 0 Å². The molecule has 5 nitrogen and oxygen atoms in total. The minimum atomic E-state index is -0.344. The van der Waals surface area contributed by atoms with E-state index in [1.807, 2.05) is 98.8 Å². The lowest BCUT2D eigenvalue weighted by Crippen LogP contribution is -2.22. The minimum Gasteiger partial charge on any atom is -0.322 e. The Morgan fingerprint density at radius 3 is 2.40 bits per heavy atom. The van der Waals surface area contributed by atoms with Crippen molar-refractivity contribution in [2.45, 2.75) is 24.0 Å². The van der Waals surface area contributed by atoms with Gasteiger partial charge in [-0.15, -0.1) is 23.1 Å².